The molecule has 5 rings (SSSR count). The number of hydrazone groups is 1. The molecule has 1 aromatic heterocycles. The van der Waals surface area contributed by atoms with Crippen LogP contribution in [0.3, 0.4) is 0 Å². The van der Waals surface area contributed by atoms with Crippen molar-refractivity contribution < 1.29 is 14.6 Å². The van der Waals surface area contributed by atoms with E-state index in [4.69, 9.17) is 4.74 Å². The maximum absolute atomic E-state index is 12.8. The average Bonchev–Trinajstić information content (AvgIpc) is 3.42. The Morgan fingerprint density at radius 1 is 0.897 bits per heavy atom. The lowest BCUT2D eigenvalue weighted by Gasteiger charge is -2.15. The fourth-order valence-electron chi connectivity index (χ4n) is 4.31. The Balaban J connectivity index is 1.39. The van der Waals surface area contributed by atoms with Crippen LogP contribution in [0, 0.1) is 0 Å². The largest absolute Gasteiger partial charge is 0.503 e. The highest BCUT2D eigenvalue weighted by Gasteiger charge is 2.14. The molecule has 5 aromatic rings. The Hall–Kier alpha value is -4.62. The first-order valence-corrected chi connectivity index (χ1v) is 13.3. The van der Waals surface area contributed by atoms with E-state index in [0.717, 1.165) is 28.2 Å². The first-order valence-electron chi connectivity index (χ1n) is 12.5. The minimum Gasteiger partial charge on any atom is -0.503 e. The highest BCUT2D eigenvalue weighted by Crippen LogP contribution is 2.35. The highest BCUT2D eigenvalue weighted by atomic mass is 79.9. The third-order valence-corrected chi connectivity index (χ3v) is 6.74. The third kappa shape index (κ3) is 5.78. The second-order valence-corrected chi connectivity index (χ2v) is 9.55. The molecule has 1 amide bonds. The van der Waals surface area contributed by atoms with Crippen LogP contribution in [-0.4, -0.2) is 28.4 Å². The van der Waals surface area contributed by atoms with Crippen LogP contribution in [0.2, 0.25) is 0 Å². The average molecular weight is 580 g/mol. The summed E-state index contributed by atoms with van der Waals surface area (Å²) < 4.78 is 8.11. The smallest absolute Gasteiger partial charge is 0.271 e. The molecule has 2 N–H and O–H groups in total. The molecular formula is C32H26BrN3O3. The van der Waals surface area contributed by atoms with Gasteiger partial charge in [0, 0.05) is 11.3 Å². The van der Waals surface area contributed by atoms with Gasteiger partial charge in [-0.1, -0.05) is 60.7 Å². The Kier molecular flexibility index (Phi) is 7.89. The van der Waals surface area contributed by atoms with Crippen molar-refractivity contribution in [3.8, 4) is 39.7 Å². The highest BCUT2D eigenvalue weighted by molar-refractivity contribution is 9.10. The van der Waals surface area contributed by atoms with Crippen molar-refractivity contribution in [1.82, 2.24) is 9.99 Å². The minimum absolute atomic E-state index is 0.0201. The number of nitrogens with one attached hydrogen (secondary N) is 1. The van der Waals surface area contributed by atoms with Gasteiger partial charge >= 0.3 is 0 Å². The molecule has 0 saturated heterocycles. The fraction of sp³-hybridized carbons (Fsp3) is 0.0625. The number of nitrogens with zero attached hydrogens (tertiary/aromatic N) is 2. The quantitative estimate of drug-likeness (QED) is 0.148. The van der Waals surface area contributed by atoms with E-state index in [0.29, 0.717) is 28.0 Å². The maximum atomic E-state index is 12.8. The number of hydrogen-bond donors (Lipinski definition) is 2. The number of benzene rings is 4. The van der Waals surface area contributed by atoms with E-state index in [1.54, 1.807) is 24.3 Å². The standard InChI is InChI=1S/C32H26BrN3O3/c1-2-39-30-20-22(19-27(33)31(30)37)21-34-35-32(38)25-13-15-26(16-14-25)36-28(23-9-5-3-6-10-23)17-18-29(36)24-11-7-4-8-12-24/h3-21,37H,2H2,1H3,(H,35,38)/b34-21-. The predicted octanol–water partition coefficient (Wildman–Crippen LogP) is 7.44. The predicted molar refractivity (Wildman–Crippen MR) is 159 cm³/mol. The zero-order valence-corrected chi connectivity index (χ0v) is 22.8. The number of phenols is 1. The molecular weight excluding hydrogens is 554 g/mol. The molecule has 0 saturated carbocycles. The lowest BCUT2D eigenvalue weighted by Crippen LogP contribution is -2.17. The van der Waals surface area contributed by atoms with E-state index < -0.39 is 0 Å². The molecule has 0 unspecified atom stereocenters. The molecule has 0 atom stereocenters. The van der Waals surface area contributed by atoms with Gasteiger partial charge in [0.25, 0.3) is 5.91 Å². The molecule has 6 nitrogen and oxygen atoms in total. The number of amides is 1. The van der Waals surface area contributed by atoms with Gasteiger partial charge < -0.3 is 14.4 Å². The van der Waals surface area contributed by atoms with Gasteiger partial charge in [0.05, 0.1) is 28.7 Å². The summed E-state index contributed by atoms with van der Waals surface area (Å²) in [5.74, 6) is 0.0244. The van der Waals surface area contributed by atoms with Gasteiger partial charge in [0.15, 0.2) is 11.5 Å². The summed E-state index contributed by atoms with van der Waals surface area (Å²) in [5, 5.41) is 14.2. The molecule has 0 bridgehead atoms. The fourth-order valence-corrected chi connectivity index (χ4v) is 4.77. The second kappa shape index (κ2) is 11.8. The lowest BCUT2D eigenvalue weighted by molar-refractivity contribution is 0.0955. The van der Waals surface area contributed by atoms with Crippen LogP contribution in [-0.2, 0) is 0 Å². The number of carbonyl (C=O) groups excluding carboxylic acids is 1. The van der Waals surface area contributed by atoms with Gasteiger partial charge in [-0.25, -0.2) is 5.43 Å². The van der Waals surface area contributed by atoms with Crippen LogP contribution in [0.5, 0.6) is 11.5 Å². The number of halogens is 1. The number of carbonyl (C=O) groups is 1. The van der Waals surface area contributed by atoms with Gasteiger partial charge in [-0.3, -0.25) is 4.79 Å². The number of aromatic hydroxyl groups is 1. The molecule has 1 heterocycles. The molecule has 0 radical (unpaired) electrons. The summed E-state index contributed by atoms with van der Waals surface area (Å²) >= 11 is 3.31. The zero-order valence-electron chi connectivity index (χ0n) is 21.2. The molecule has 7 heteroatoms. The second-order valence-electron chi connectivity index (χ2n) is 8.70. The minimum atomic E-state index is -0.334. The summed E-state index contributed by atoms with van der Waals surface area (Å²) in [7, 11) is 0. The monoisotopic (exact) mass is 579 g/mol. The maximum Gasteiger partial charge on any atom is 0.271 e. The first kappa shape index (κ1) is 26.0. The summed E-state index contributed by atoms with van der Waals surface area (Å²) in [6.07, 6.45) is 1.50. The number of rotatable bonds is 8. The number of aromatic nitrogens is 1. The Morgan fingerprint density at radius 2 is 1.49 bits per heavy atom. The Morgan fingerprint density at radius 3 is 2.05 bits per heavy atom. The van der Waals surface area contributed by atoms with Crippen LogP contribution in [0.1, 0.15) is 22.8 Å². The van der Waals surface area contributed by atoms with Crippen molar-refractivity contribution in [2.75, 3.05) is 6.61 Å². The molecule has 0 spiro atoms. The van der Waals surface area contributed by atoms with Crippen molar-refractivity contribution in [1.29, 1.82) is 0 Å². The summed E-state index contributed by atoms with van der Waals surface area (Å²) in [6.45, 7) is 2.25. The normalized spacial score (nSPS) is 11.0. The van der Waals surface area contributed by atoms with E-state index in [-0.39, 0.29) is 11.7 Å². The molecule has 39 heavy (non-hydrogen) atoms. The van der Waals surface area contributed by atoms with Gasteiger partial charge in [0.1, 0.15) is 0 Å². The van der Waals surface area contributed by atoms with Gasteiger partial charge in [-0.05, 0) is 88.1 Å². The number of phenolic OH excluding ortho intramolecular Hbond substituents is 1. The van der Waals surface area contributed by atoms with E-state index >= 15 is 0 Å². The molecule has 0 aliphatic rings. The Bertz CT molecular complexity index is 1560. The van der Waals surface area contributed by atoms with Crippen LogP contribution in [0.15, 0.2) is 119 Å². The first-order chi connectivity index (χ1) is 19.0. The lowest BCUT2D eigenvalue weighted by atomic mass is 10.1. The van der Waals surface area contributed by atoms with Crippen LogP contribution in [0.4, 0.5) is 0 Å². The van der Waals surface area contributed by atoms with Gasteiger partial charge in [-0.15, -0.1) is 0 Å². The topological polar surface area (TPSA) is 75.8 Å². The summed E-state index contributed by atoms with van der Waals surface area (Å²) in [6, 6.07) is 35.5. The molecule has 0 aliphatic heterocycles. The molecule has 4 aromatic carbocycles. The van der Waals surface area contributed by atoms with Crippen LogP contribution in [0.25, 0.3) is 28.2 Å². The van der Waals surface area contributed by atoms with Gasteiger partial charge in [-0.2, -0.15) is 5.10 Å². The molecule has 0 fully saturated rings. The van der Waals surface area contributed by atoms with Crippen molar-refractivity contribution >= 4 is 28.1 Å². The van der Waals surface area contributed by atoms with E-state index in [1.165, 1.54) is 6.21 Å². The third-order valence-electron chi connectivity index (χ3n) is 6.14. The van der Waals surface area contributed by atoms with E-state index in [2.05, 4.69) is 67.4 Å². The van der Waals surface area contributed by atoms with Crippen LogP contribution >= 0.6 is 15.9 Å². The van der Waals surface area contributed by atoms with Gasteiger partial charge in [0.2, 0.25) is 0 Å². The number of ether oxygens (including phenoxy) is 1. The van der Waals surface area contributed by atoms with Crippen molar-refractivity contribution in [3.05, 3.63) is 125 Å². The number of hydrogen-bond acceptors (Lipinski definition) is 4. The van der Waals surface area contributed by atoms with E-state index in [9.17, 15) is 9.90 Å². The molecule has 194 valence electrons. The SMILES string of the molecule is CCOc1cc(/C=N\NC(=O)c2ccc(-n3c(-c4ccccc4)ccc3-c3ccccc3)cc2)cc(Br)c1O. The van der Waals surface area contributed by atoms with Crippen LogP contribution < -0.4 is 10.2 Å². The van der Waals surface area contributed by atoms with Crippen molar-refractivity contribution in [3.63, 3.8) is 0 Å². The summed E-state index contributed by atoms with van der Waals surface area (Å²) in [5.41, 5.74) is 8.96. The van der Waals surface area contributed by atoms with E-state index in [1.807, 2.05) is 55.5 Å². The molecule has 0 aliphatic carbocycles. The summed E-state index contributed by atoms with van der Waals surface area (Å²) in [4.78, 5) is 12.8. The zero-order chi connectivity index (χ0) is 27.2. The van der Waals surface area contributed by atoms with Crippen molar-refractivity contribution in [2.45, 2.75) is 6.92 Å². The Labute approximate surface area is 235 Å². The van der Waals surface area contributed by atoms with Crippen molar-refractivity contribution in [2.24, 2.45) is 5.10 Å².